The van der Waals surface area contributed by atoms with Crippen LogP contribution in [0.25, 0.3) is 0 Å². The second kappa shape index (κ2) is 27.2. The summed E-state index contributed by atoms with van der Waals surface area (Å²) in [6.07, 6.45) is 33.9. The SMILES string of the molecule is C=C(/C=C\C(C\C=C/C=C(CC)/C(C)=C/C=C\NC(/C=C/C)=C/C(CC)=C(\C)CNCC1CC1)=NCCC)CNNCCCCC. The van der Waals surface area contributed by atoms with Gasteiger partial charge in [0.05, 0.1) is 0 Å². The van der Waals surface area contributed by atoms with Crippen LogP contribution < -0.4 is 21.5 Å². The van der Waals surface area contributed by atoms with E-state index in [4.69, 9.17) is 4.99 Å². The van der Waals surface area contributed by atoms with Gasteiger partial charge in [-0.2, -0.15) is 0 Å². The average Bonchev–Trinajstić information content (AvgIpc) is 3.88. The fourth-order valence-corrected chi connectivity index (χ4v) is 4.72. The van der Waals surface area contributed by atoms with E-state index in [1.54, 1.807) is 0 Å². The predicted octanol–water partition coefficient (Wildman–Crippen LogP) is 9.75. The Morgan fingerprint density at radius 3 is 2.37 bits per heavy atom. The van der Waals surface area contributed by atoms with E-state index < -0.39 is 0 Å². The maximum atomic E-state index is 4.79. The summed E-state index contributed by atoms with van der Waals surface area (Å²) in [6.45, 7) is 24.2. The Bertz CT molecular complexity index is 1140. The summed E-state index contributed by atoms with van der Waals surface area (Å²) in [7, 11) is 0. The van der Waals surface area contributed by atoms with Crippen molar-refractivity contribution in [1.29, 1.82) is 0 Å². The first-order chi connectivity index (χ1) is 22.4. The van der Waals surface area contributed by atoms with Crippen LogP contribution in [-0.4, -0.2) is 38.4 Å². The van der Waals surface area contributed by atoms with Gasteiger partial charge in [-0.1, -0.05) is 89.1 Å². The molecule has 0 unspecified atom stereocenters. The van der Waals surface area contributed by atoms with E-state index >= 15 is 0 Å². The van der Waals surface area contributed by atoms with Crippen LogP contribution in [0.2, 0.25) is 0 Å². The van der Waals surface area contributed by atoms with Gasteiger partial charge < -0.3 is 10.6 Å². The minimum absolute atomic E-state index is 0.721. The van der Waals surface area contributed by atoms with Gasteiger partial charge in [0.25, 0.3) is 0 Å². The highest BCUT2D eigenvalue weighted by Gasteiger charge is 2.20. The van der Waals surface area contributed by atoms with Gasteiger partial charge in [-0.25, -0.2) is 0 Å². The van der Waals surface area contributed by atoms with Crippen molar-refractivity contribution in [1.82, 2.24) is 21.5 Å². The molecule has 0 bridgehead atoms. The molecule has 256 valence electrons. The number of hydrogen-bond acceptors (Lipinski definition) is 5. The fourth-order valence-electron chi connectivity index (χ4n) is 4.72. The topological polar surface area (TPSA) is 60.5 Å². The Hall–Kier alpha value is -2.99. The van der Waals surface area contributed by atoms with E-state index in [0.29, 0.717) is 0 Å². The zero-order valence-electron chi connectivity index (χ0n) is 30.5. The van der Waals surface area contributed by atoms with Gasteiger partial charge in [-0.3, -0.25) is 15.8 Å². The lowest BCUT2D eigenvalue weighted by atomic mass is 10.0. The standard InChI is InChI=1S/C41H67N5/c1-9-14-17-29-45-46-31-34(6)23-26-40(43-27-11-3)22-16-15-21-38(12-4)35(7)20-18-28-44-41(19-10-2)30-39(13-5)36(8)32-42-33-37-24-25-37/h10,15-16,18-21,23,26,28,30,37,42,44-46H,6,9,11-14,17,22,24-25,27,29,31-33H2,1-5,7-8H3/b16-15-,19-10+,26-23-,28-18-,35-20+,38-21+,39-36+,41-30+,43-40?. The predicted molar refractivity (Wildman–Crippen MR) is 206 cm³/mol. The Morgan fingerprint density at radius 2 is 1.70 bits per heavy atom. The van der Waals surface area contributed by atoms with Gasteiger partial charge in [0, 0.05) is 50.2 Å². The van der Waals surface area contributed by atoms with Gasteiger partial charge in [-0.15, -0.1) is 0 Å². The van der Waals surface area contributed by atoms with Crippen molar-refractivity contribution in [2.45, 2.75) is 106 Å². The van der Waals surface area contributed by atoms with Gasteiger partial charge in [-0.05, 0) is 118 Å². The molecule has 46 heavy (non-hydrogen) atoms. The Balaban J connectivity index is 2.74. The molecule has 0 heterocycles. The molecule has 0 saturated heterocycles. The minimum Gasteiger partial charge on any atom is -0.362 e. The molecule has 0 aromatic carbocycles. The largest absolute Gasteiger partial charge is 0.362 e. The Kier molecular flexibility index (Phi) is 24.2. The average molecular weight is 630 g/mol. The van der Waals surface area contributed by atoms with Crippen LogP contribution in [0, 0.1) is 5.92 Å². The van der Waals surface area contributed by atoms with E-state index in [0.717, 1.165) is 81.3 Å². The van der Waals surface area contributed by atoms with Crippen molar-refractivity contribution in [3.05, 3.63) is 107 Å². The van der Waals surface area contributed by atoms with E-state index in [9.17, 15) is 0 Å². The fraction of sp³-hybridized carbons (Fsp3) is 0.537. The molecule has 1 fully saturated rings. The smallest absolute Gasteiger partial charge is 0.0390 e. The van der Waals surface area contributed by atoms with Crippen LogP contribution in [0.5, 0.6) is 0 Å². The van der Waals surface area contributed by atoms with Crippen LogP contribution in [0.4, 0.5) is 0 Å². The highest BCUT2D eigenvalue weighted by molar-refractivity contribution is 5.96. The second-order valence-electron chi connectivity index (χ2n) is 12.2. The van der Waals surface area contributed by atoms with Crippen LogP contribution in [0.15, 0.2) is 112 Å². The molecule has 0 aliphatic heterocycles. The van der Waals surface area contributed by atoms with E-state index in [2.05, 4.69) is 137 Å². The number of aliphatic imine (C=N–C) groups is 1. The summed E-state index contributed by atoms with van der Waals surface area (Å²) in [5.41, 5.74) is 15.1. The molecule has 0 spiro atoms. The van der Waals surface area contributed by atoms with Crippen molar-refractivity contribution in [3.63, 3.8) is 0 Å². The normalized spacial score (nSPS) is 16.1. The number of hydrogen-bond donors (Lipinski definition) is 4. The summed E-state index contributed by atoms with van der Waals surface area (Å²) >= 11 is 0. The first kappa shape index (κ1) is 41.0. The second-order valence-corrected chi connectivity index (χ2v) is 12.2. The number of hydrazine groups is 1. The highest BCUT2D eigenvalue weighted by Crippen LogP contribution is 2.27. The van der Waals surface area contributed by atoms with Crippen LogP contribution in [0.3, 0.4) is 0 Å². The molecule has 1 rings (SSSR count). The van der Waals surface area contributed by atoms with Crippen molar-refractivity contribution >= 4 is 5.71 Å². The third-order valence-electron chi connectivity index (χ3n) is 7.86. The summed E-state index contributed by atoms with van der Waals surface area (Å²) in [6, 6.07) is 0. The maximum Gasteiger partial charge on any atom is 0.0390 e. The maximum absolute atomic E-state index is 4.79. The molecule has 1 saturated carbocycles. The summed E-state index contributed by atoms with van der Waals surface area (Å²) < 4.78 is 0. The quantitative estimate of drug-likeness (QED) is 0.0333. The molecule has 0 atom stereocenters. The summed E-state index contributed by atoms with van der Waals surface area (Å²) in [5.74, 6) is 0.904. The minimum atomic E-state index is 0.721. The third kappa shape index (κ3) is 20.9. The first-order valence-electron chi connectivity index (χ1n) is 17.9. The van der Waals surface area contributed by atoms with Crippen LogP contribution >= 0.6 is 0 Å². The Labute approximate surface area is 283 Å². The first-order valence-corrected chi connectivity index (χ1v) is 17.9. The lowest BCUT2D eigenvalue weighted by molar-refractivity contribution is 0.533. The molecular formula is C41H67N5. The van der Waals surface area contributed by atoms with E-state index in [-0.39, 0.29) is 0 Å². The number of nitrogens with one attached hydrogen (secondary N) is 4. The van der Waals surface area contributed by atoms with Gasteiger partial charge in [0.2, 0.25) is 0 Å². The molecule has 1 aliphatic rings. The van der Waals surface area contributed by atoms with E-state index in [1.807, 2.05) is 6.20 Å². The summed E-state index contributed by atoms with van der Waals surface area (Å²) in [4.78, 5) is 4.79. The summed E-state index contributed by atoms with van der Waals surface area (Å²) in [5, 5.41) is 7.12. The van der Waals surface area contributed by atoms with Crippen molar-refractivity contribution in [2.75, 3.05) is 32.7 Å². The molecular weight excluding hydrogens is 562 g/mol. The molecule has 5 heteroatoms. The molecule has 0 amide bonds. The highest BCUT2D eigenvalue weighted by atomic mass is 15.3. The third-order valence-corrected chi connectivity index (χ3v) is 7.86. The number of nitrogens with zero attached hydrogens (tertiary/aromatic N) is 1. The monoisotopic (exact) mass is 630 g/mol. The van der Waals surface area contributed by atoms with Crippen LogP contribution in [-0.2, 0) is 0 Å². The van der Waals surface area contributed by atoms with E-state index in [1.165, 1.54) is 54.4 Å². The Morgan fingerprint density at radius 1 is 0.891 bits per heavy atom. The van der Waals surface area contributed by atoms with Crippen LogP contribution in [0.1, 0.15) is 106 Å². The number of rotatable bonds is 26. The lowest BCUT2D eigenvalue weighted by Gasteiger charge is -2.10. The van der Waals surface area contributed by atoms with Gasteiger partial charge in [0.15, 0.2) is 0 Å². The van der Waals surface area contributed by atoms with Crippen molar-refractivity contribution in [3.8, 4) is 0 Å². The molecule has 5 nitrogen and oxygen atoms in total. The number of unbranched alkanes of at least 4 members (excludes halogenated alkanes) is 2. The van der Waals surface area contributed by atoms with Crippen molar-refractivity contribution < 1.29 is 0 Å². The van der Waals surface area contributed by atoms with Crippen molar-refractivity contribution in [2.24, 2.45) is 10.9 Å². The number of allylic oxidation sites excluding steroid dienone is 12. The zero-order chi connectivity index (χ0) is 33.8. The zero-order valence-corrected chi connectivity index (χ0v) is 30.5. The van der Waals surface area contributed by atoms with Gasteiger partial charge in [0.1, 0.15) is 0 Å². The van der Waals surface area contributed by atoms with Gasteiger partial charge >= 0.3 is 0 Å². The lowest BCUT2D eigenvalue weighted by Crippen LogP contribution is -2.33. The molecule has 0 aromatic heterocycles. The molecule has 0 radical (unpaired) electrons. The molecule has 1 aliphatic carbocycles. The molecule has 4 N–H and O–H groups in total. The molecule has 0 aromatic rings.